The van der Waals surface area contributed by atoms with Gasteiger partial charge >= 0.3 is 13.1 Å². The molecule has 1 saturated carbocycles. The number of nitrogens with one attached hydrogen (secondary N) is 2. The van der Waals surface area contributed by atoms with Gasteiger partial charge in [-0.1, -0.05) is 18.2 Å². The highest BCUT2D eigenvalue weighted by atomic mass is 16.5. The van der Waals surface area contributed by atoms with Crippen molar-refractivity contribution in [3.05, 3.63) is 59.4 Å². The van der Waals surface area contributed by atoms with E-state index in [0.29, 0.717) is 30.4 Å². The average Bonchev–Trinajstić information content (AvgIpc) is 2.79. The fraction of sp³-hybridized carbons (Fsp3) is 0.435. The van der Waals surface area contributed by atoms with Gasteiger partial charge in [0.05, 0.1) is 11.5 Å². The number of aromatic carboxylic acids is 1. The molecule has 0 unspecified atom stereocenters. The van der Waals surface area contributed by atoms with Gasteiger partial charge in [-0.3, -0.25) is 9.78 Å². The Labute approximate surface area is 187 Å². The standard InChI is InChI=1S/C23H28BN3O5/c28-21(11-15-6-8-18(9-7-15)26-14-16-3-2-10-25-13-16)27-20-12-17-4-1-5-19(23(29)30)22(17)32-24(20)31/h1-5,10,13,15,18,20,26,31H,6-9,11-12,14H2,(H,27,28)(H,29,30)/t15?,18?,20-/m0/s1. The normalized spacial score (nSPS) is 22.5. The lowest BCUT2D eigenvalue weighted by molar-refractivity contribution is -0.122. The number of aromatic nitrogens is 1. The Bertz CT molecular complexity index is 950. The molecular weight excluding hydrogens is 409 g/mol. The van der Waals surface area contributed by atoms with Crippen molar-refractivity contribution in [1.29, 1.82) is 0 Å². The van der Waals surface area contributed by atoms with E-state index in [9.17, 15) is 19.7 Å². The highest BCUT2D eigenvalue weighted by molar-refractivity contribution is 6.47. The lowest BCUT2D eigenvalue weighted by atomic mass is 9.72. The van der Waals surface area contributed by atoms with E-state index in [-0.39, 0.29) is 17.2 Å². The number of carboxylic acid groups (broad SMARTS) is 1. The van der Waals surface area contributed by atoms with Gasteiger partial charge in [-0.15, -0.1) is 0 Å². The number of hydrogen-bond acceptors (Lipinski definition) is 6. The van der Waals surface area contributed by atoms with Crippen LogP contribution >= 0.6 is 0 Å². The van der Waals surface area contributed by atoms with Crippen LogP contribution in [0.15, 0.2) is 42.7 Å². The van der Waals surface area contributed by atoms with Crippen LogP contribution in [0.1, 0.15) is 53.6 Å². The first-order chi connectivity index (χ1) is 15.5. The molecule has 4 N–H and O–H groups in total. The fourth-order valence-electron chi connectivity index (χ4n) is 4.58. The second kappa shape index (κ2) is 10.1. The smallest absolute Gasteiger partial charge is 0.534 e. The second-order valence-electron chi connectivity index (χ2n) is 8.65. The third-order valence-electron chi connectivity index (χ3n) is 6.33. The summed E-state index contributed by atoms with van der Waals surface area (Å²) in [5, 5.41) is 26.1. The molecule has 0 bridgehead atoms. The minimum absolute atomic E-state index is 0.0141. The van der Waals surface area contributed by atoms with Crippen LogP contribution in [-0.4, -0.2) is 46.1 Å². The average molecular weight is 437 g/mol. The molecular formula is C23H28BN3O5. The van der Waals surface area contributed by atoms with Crippen LogP contribution in [0.25, 0.3) is 0 Å². The molecule has 9 heteroatoms. The summed E-state index contributed by atoms with van der Waals surface area (Å²) in [6.07, 6.45) is 8.39. The SMILES string of the molecule is O=C(CC1CCC(NCc2cccnc2)CC1)N[C@H]1Cc2cccc(C(=O)O)c2OB1O. The molecule has 2 aromatic rings. The van der Waals surface area contributed by atoms with E-state index in [1.807, 2.05) is 12.3 Å². The summed E-state index contributed by atoms with van der Waals surface area (Å²) in [6, 6.07) is 9.28. The number of nitrogens with zero attached hydrogens (tertiary/aromatic N) is 1. The number of carboxylic acids is 1. The summed E-state index contributed by atoms with van der Waals surface area (Å²) in [6.45, 7) is 0.800. The molecule has 1 aromatic heterocycles. The van der Waals surface area contributed by atoms with Crippen molar-refractivity contribution in [3.8, 4) is 5.75 Å². The van der Waals surface area contributed by atoms with Crippen LogP contribution in [0.4, 0.5) is 0 Å². The van der Waals surface area contributed by atoms with E-state index in [1.54, 1.807) is 18.3 Å². The number of fused-ring (bicyclic) bond motifs is 1. The lowest BCUT2D eigenvalue weighted by Gasteiger charge is -2.31. The van der Waals surface area contributed by atoms with E-state index < -0.39 is 19.0 Å². The number of benzene rings is 1. The number of amides is 1. The highest BCUT2D eigenvalue weighted by Crippen LogP contribution is 2.31. The van der Waals surface area contributed by atoms with Crippen LogP contribution in [0, 0.1) is 5.92 Å². The summed E-state index contributed by atoms with van der Waals surface area (Å²) in [5.74, 6) is -1.32. The molecule has 1 fully saturated rings. The number of hydrogen-bond donors (Lipinski definition) is 4. The first-order valence-electron chi connectivity index (χ1n) is 11.1. The van der Waals surface area contributed by atoms with Gasteiger partial charge in [0.15, 0.2) is 0 Å². The Balaban J connectivity index is 1.23. The second-order valence-corrected chi connectivity index (χ2v) is 8.65. The van der Waals surface area contributed by atoms with Crippen molar-refractivity contribution >= 4 is 19.0 Å². The largest absolute Gasteiger partial charge is 0.547 e. The third-order valence-corrected chi connectivity index (χ3v) is 6.33. The fourth-order valence-corrected chi connectivity index (χ4v) is 4.58. The molecule has 1 aliphatic carbocycles. The Hall–Kier alpha value is -2.91. The maximum atomic E-state index is 12.6. The van der Waals surface area contributed by atoms with Gasteiger partial charge in [0, 0.05) is 31.4 Å². The van der Waals surface area contributed by atoms with Gasteiger partial charge in [0.1, 0.15) is 5.75 Å². The molecule has 1 aromatic carbocycles. The first-order valence-corrected chi connectivity index (χ1v) is 11.1. The van der Waals surface area contributed by atoms with E-state index in [2.05, 4.69) is 21.7 Å². The minimum atomic E-state index is -1.28. The number of pyridine rings is 1. The van der Waals surface area contributed by atoms with Crippen molar-refractivity contribution in [2.24, 2.45) is 5.92 Å². The van der Waals surface area contributed by atoms with E-state index in [4.69, 9.17) is 4.65 Å². The molecule has 1 amide bonds. The summed E-state index contributed by atoms with van der Waals surface area (Å²) < 4.78 is 5.45. The lowest BCUT2D eigenvalue weighted by Crippen LogP contribution is -2.53. The molecule has 32 heavy (non-hydrogen) atoms. The summed E-state index contributed by atoms with van der Waals surface area (Å²) in [5.41, 5.74) is 1.85. The van der Waals surface area contributed by atoms with Gasteiger partial charge in [0.25, 0.3) is 0 Å². The predicted molar refractivity (Wildman–Crippen MR) is 119 cm³/mol. The van der Waals surface area contributed by atoms with Gasteiger partial charge in [0.2, 0.25) is 5.91 Å². The number of rotatable bonds is 7. The van der Waals surface area contributed by atoms with Crippen molar-refractivity contribution in [3.63, 3.8) is 0 Å². The monoisotopic (exact) mass is 437 g/mol. The van der Waals surface area contributed by atoms with Gasteiger partial charge in [-0.2, -0.15) is 0 Å². The molecule has 1 aliphatic heterocycles. The molecule has 2 aliphatic rings. The Morgan fingerprint density at radius 3 is 2.69 bits per heavy atom. The highest BCUT2D eigenvalue weighted by Gasteiger charge is 2.38. The molecule has 0 radical (unpaired) electrons. The molecule has 2 heterocycles. The summed E-state index contributed by atoms with van der Waals surface area (Å²) in [4.78, 5) is 28.1. The van der Waals surface area contributed by atoms with Crippen molar-refractivity contribution in [2.45, 2.75) is 57.1 Å². The van der Waals surface area contributed by atoms with Crippen molar-refractivity contribution in [1.82, 2.24) is 15.6 Å². The van der Waals surface area contributed by atoms with Crippen LogP contribution < -0.4 is 15.3 Å². The van der Waals surface area contributed by atoms with Gasteiger partial charge < -0.3 is 25.4 Å². The number of para-hydroxylation sites is 1. The number of carbonyl (C=O) groups excluding carboxylic acids is 1. The predicted octanol–water partition coefficient (Wildman–Crippen LogP) is 1.96. The van der Waals surface area contributed by atoms with E-state index in [1.165, 1.54) is 11.6 Å². The maximum absolute atomic E-state index is 12.6. The quantitative estimate of drug-likeness (QED) is 0.489. The molecule has 1 atom stereocenters. The number of carbonyl (C=O) groups is 2. The molecule has 4 rings (SSSR count). The first kappa shape index (κ1) is 22.3. The van der Waals surface area contributed by atoms with Crippen molar-refractivity contribution in [2.75, 3.05) is 0 Å². The zero-order chi connectivity index (χ0) is 22.5. The van der Waals surface area contributed by atoms with Crippen molar-refractivity contribution < 1.29 is 24.4 Å². The molecule has 168 valence electrons. The molecule has 8 nitrogen and oxygen atoms in total. The van der Waals surface area contributed by atoms with Gasteiger partial charge in [-0.05, 0) is 61.3 Å². The van der Waals surface area contributed by atoms with E-state index in [0.717, 1.165) is 32.2 Å². The maximum Gasteiger partial charge on any atom is 0.547 e. The zero-order valence-corrected chi connectivity index (χ0v) is 17.9. The zero-order valence-electron chi connectivity index (χ0n) is 17.9. The Morgan fingerprint density at radius 1 is 1.16 bits per heavy atom. The summed E-state index contributed by atoms with van der Waals surface area (Å²) in [7, 11) is -1.28. The van der Waals surface area contributed by atoms with Crippen LogP contribution in [-0.2, 0) is 17.8 Å². The summed E-state index contributed by atoms with van der Waals surface area (Å²) >= 11 is 0. The van der Waals surface area contributed by atoms with Crippen LogP contribution in [0.3, 0.4) is 0 Å². The van der Waals surface area contributed by atoms with E-state index >= 15 is 0 Å². The van der Waals surface area contributed by atoms with Gasteiger partial charge in [-0.25, -0.2) is 4.79 Å². The Morgan fingerprint density at radius 2 is 1.97 bits per heavy atom. The minimum Gasteiger partial charge on any atom is -0.534 e. The molecule has 0 saturated heterocycles. The topological polar surface area (TPSA) is 121 Å². The molecule has 0 spiro atoms. The third kappa shape index (κ3) is 5.47. The van der Waals surface area contributed by atoms with Crippen LogP contribution in [0.5, 0.6) is 5.75 Å². The van der Waals surface area contributed by atoms with Crippen LogP contribution in [0.2, 0.25) is 0 Å². The Kier molecular flexibility index (Phi) is 7.07.